The van der Waals surface area contributed by atoms with Crippen molar-refractivity contribution in [2.75, 3.05) is 7.11 Å². The molecule has 0 amide bonds. The third-order valence-corrected chi connectivity index (χ3v) is 4.43. The van der Waals surface area contributed by atoms with Crippen LogP contribution >= 0.6 is 11.3 Å². The third-order valence-electron chi connectivity index (χ3n) is 3.31. The molecule has 17 heavy (non-hydrogen) atoms. The summed E-state index contributed by atoms with van der Waals surface area (Å²) >= 11 is 1.70. The molecule has 0 bridgehead atoms. The number of thiazole rings is 1. The molecule has 0 saturated heterocycles. The maximum absolute atomic E-state index is 11.2. The van der Waals surface area contributed by atoms with Crippen molar-refractivity contribution in [3.8, 4) is 0 Å². The second kappa shape index (κ2) is 5.63. The molecule has 1 heterocycles. The number of hydrogen-bond acceptors (Lipinski definition) is 4. The first-order valence-corrected chi connectivity index (χ1v) is 7.08. The van der Waals surface area contributed by atoms with E-state index >= 15 is 0 Å². The molecule has 0 aromatic carbocycles. The van der Waals surface area contributed by atoms with E-state index in [-0.39, 0.29) is 5.97 Å². The van der Waals surface area contributed by atoms with Crippen LogP contribution in [-0.2, 0) is 28.8 Å². The molecular formula is C13H19NO2S. The second-order valence-corrected chi connectivity index (χ2v) is 5.80. The Hall–Kier alpha value is -0.900. The lowest BCUT2D eigenvalue weighted by atomic mass is 9.88. The lowest BCUT2D eigenvalue weighted by Gasteiger charge is -2.20. The van der Waals surface area contributed by atoms with Gasteiger partial charge in [-0.15, -0.1) is 11.3 Å². The van der Waals surface area contributed by atoms with Gasteiger partial charge in [0.25, 0.3) is 0 Å². The van der Waals surface area contributed by atoms with Crippen LogP contribution in [0.1, 0.15) is 41.8 Å². The van der Waals surface area contributed by atoms with E-state index in [1.807, 2.05) is 0 Å². The highest BCUT2D eigenvalue weighted by Gasteiger charge is 2.22. The van der Waals surface area contributed by atoms with Crippen molar-refractivity contribution < 1.29 is 9.53 Å². The summed E-state index contributed by atoms with van der Waals surface area (Å²) in [7, 11) is 1.42. The monoisotopic (exact) mass is 253 g/mol. The number of ether oxygens (including phenoxy) is 1. The van der Waals surface area contributed by atoms with Gasteiger partial charge in [-0.3, -0.25) is 4.79 Å². The number of aryl methyl sites for hydroxylation is 1. The van der Waals surface area contributed by atoms with Gasteiger partial charge < -0.3 is 4.74 Å². The highest BCUT2D eigenvalue weighted by atomic mass is 32.1. The van der Waals surface area contributed by atoms with Gasteiger partial charge in [-0.2, -0.15) is 0 Å². The summed E-state index contributed by atoms with van der Waals surface area (Å²) in [4.78, 5) is 17.2. The standard InChI is InChI=1S/C13H19NO2S/c1-3-4-9-5-6-10-11(7-9)17-12(14-10)8-13(15)16-2/h9H,3-8H2,1-2H3. The molecule has 1 aromatic rings. The number of methoxy groups -OCH3 is 1. The Kier molecular flexibility index (Phi) is 4.15. The zero-order chi connectivity index (χ0) is 12.3. The topological polar surface area (TPSA) is 39.2 Å². The molecule has 1 aliphatic rings. The highest BCUT2D eigenvalue weighted by molar-refractivity contribution is 7.11. The molecule has 0 N–H and O–H groups in total. The van der Waals surface area contributed by atoms with Crippen molar-refractivity contribution in [3.63, 3.8) is 0 Å². The molecule has 1 atom stereocenters. The average Bonchev–Trinajstić information content (AvgIpc) is 2.70. The maximum atomic E-state index is 11.2. The number of aromatic nitrogens is 1. The molecule has 1 unspecified atom stereocenters. The van der Waals surface area contributed by atoms with Gasteiger partial charge in [0.1, 0.15) is 5.01 Å². The molecule has 0 radical (unpaired) electrons. The van der Waals surface area contributed by atoms with Crippen LogP contribution in [0.2, 0.25) is 0 Å². The van der Waals surface area contributed by atoms with Gasteiger partial charge in [0.05, 0.1) is 19.2 Å². The molecule has 1 aromatic heterocycles. The zero-order valence-electron chi connectivity index (χ0n) is 10.5. The van der Waals surface area contributed by atoms with Crippen molar-refractivity contribution in [2.24, 2.45) is 5.92 Å². The van der Waals surface area contributed by atoms with Crippen molar-refractivity contribution in [3.05, 3.63) is 15.6 Å². The average molecular weight is 253 g/mol. The molecule has 3 nitrogen and oxygen atoms in total. The van der Waals surface area contributed by atoms with E-state index in [2.05, 4.69) is 16.6 Å². The molecular weight excluding hydrogens is 234 g/mol. The predicted octanol–water partition coefficient (Wildman–Crippen LogP) is 2.76. The Bertz CT molecular complexity index is 400. The van der Waals surface area contributed by atoms with Gasteiger partial charge in [-0.25, -0.2) is 4.98 Å². The van der Waals surface area contributed by atoms with Crippen molar-refractivity contribution in [1.82, 2.24) is 4.98 Å². The van der Waals surface area contributed by atoms with Crippen LogP contribution in [0.15, 0.2) is 0 Å². The minimum absolute atomic E-state index is 0.193. The van der Waals surface area contributed by atoms with Crippen molar-refractivity contribution >= 4 is 17.3 Å². The lowest BCUT2D eigenvalue weighted by molar-refractivity contribution is -0.139. The Morgan fingerprint density at radius 1 is 1.59 bits per heavy atom. The van der Waals surface area contributed by atoms with Gasteiger partial charge in [0.2, 0.25) is 0 Å². The molecule has 0 spiro atoms. The van der Waals surface area contributed by atoms with E-state index in [1.54, 1.807) is 11.3 Å². The van der Waals surface area contributed by atoms with E-state index in [1.165, 1.54) is 36.9 Å². The first kappa shape index (κ1) is 12.6. The van der Waals surface area contributed by atoms with Crippen LogP contribution in [0.4, 0.5) is 0 Å². The fourth-order valence-electron chi connectivity index (χ4n) is 2.42. The first-order valence-electron chi connectivity index (χ1n) is 6.27. The third kappa shape index (κ3) is 3.06. The Morgan fingerprint density at radius 2 is 2.41 bits per heavy atom. The number of fused-ring (bicyclic) bond motifs is 1. The van der Waals surface area contributed by atoms with E-state index in [4.69, 9.17) is 0 Å². The summed E-state index contributed by atoms with van der Waals surface area (Å²) in [6, 6.07) is 0. The van der Waals surface area contributed by atoms with Gasteiger partial charge in [-0.1, -0.05) is 19.8 Å². The largest absolute Gasteiger partial charge is 0.469 e. The number of carbonyl (C=O) groups excluding carboxylic acids is 1. The molecule has 0 fully saturated rings. The van der Waals surface area contributed by atoms with Gasteiger partial charge in [0, 0.05) is 4.88 Å². The summed E-state index contributed by atoms with van der Waals surface area (Å²) in [5.41, 5.74) is 1.22. The van der Waals surface area contributed by atoms with E-state index in [0.717, 1.165) is 23.8 Å². The maximum Gasteiger partial charge on any atom is 0.312 e. The van der Waals surface area contributed by atoms with Crippen LogP contribution < -0.4 is 0 Å². The van der Waals surface area contributed by atoms with Crippen molar-refractivity contribution in [2.45, 2.75) is 45.4 Å². The minimum atomic E-state index is -0.193. The molecule has 1 aliphatic carbocycles. The quantitative estimate of drug-likeness (QED) is 0.775. The number of hydrogen-bond donors (Lipinski definition) is 0. The normalized spacial score (nSPS) is 18.8. The van der Waals surface area contributed by atoms with E-state index < -0.39 is 0 Å². The molecule has 94 valence electrons. The van der Waals surface area contributed by atoms with Gasteiger partial charge in [-0.05, 0) is 25.2 Å². The number of carbonyl (C=O) groups is 1. The summed E-state index contributed by atoms with van der Waals surface area (Å²) in [5, 5.41) is 0.916. The number of nitrogens with zero attached hydrogens (tertiary/aromatic N) is 1. The zero-order valence-corrected chi connectivity index (χ0v) is 11.3. The van der Waals surface area contributed by atoms with Gasteiger partial charge in [0.15, 0.2) is 0 Å². The van der Waals surface area contributed by atoms with Gasteiger partial charge >= 0.3 is 5.97 Å². The number of rotatable bonds is 4. The molecule has 2 rings (SSSR count). The highest BCUT2D eigenvalue weighted by Crippen LogP contribution is 2.32. The minimum Gasteiger partial charge on any atom is -0.469 e. The Balaban J connectivity index is 2.04. The summed E-state index contributed by atoms with van der Waals surface area (Å²) < 4.78 is 4.67. The predicted molar refractivity (Wildman–Crippen MR) is 68.3 cm³/mol. The summed E-state index contributed by atoms with van der Waals surface area (Å²) in [6.07, 6.45) is 6.38. The van der Waals surface area contributed by atoms with E-state index in [9.17, 15) is 4.79 Å². The Labute approximate surface area is 106 Å². The SMILES string of the molecule is CCCC1CCc2nc(CC(=O)OC)sc2C1. The van der Waals surface area contributed by atoms with Crippen molar-refractivity contribution in [1.29, 1.82) is 0 Å². The van der Waals surface area contributed by atoms with Crippen LogP contribution in [-0.4, -0.2) is 18.1 Å². The van der Waals surface area contributed by atoms with Crippen LogP contribution in [0.25, 0.3) is 0 Å². The smallest absolute Gasteiger partial charge is 0.312 e. The lowest BCUT2D eigenvalue weighted by Crippen LogP contribution is -2.12. The fraction of sp³-hybridized carbons (Fsp3) is 0.692. The molecule has 4 heteroatoms. The summed E-state index contributed by atoms with van der Waals surface area (Å²) in [5.74, 6) is 0.625. The van der Waals surface area contributed by atoms with Crippen LogP contribution in [0.3, 0.4) is 0 Å². The Morgan fingerprint density at radius 3 is 3.12 bits per heavy atom. The summed E-state index contributed by atoms with van der Waals surface area (Å²) in [6.45, 7) is 2.24. The van der Waals surface area contributed by atoms with E-state index in [0.29, 0.717) is 6.42 Å². The molecule has 0 saturated carbocycles. The second-order valence-electron chi connectivity index (χ2n) is 4.63. The molecule has 0 aliphatic heterocycles. The van der Waals surface area contributed by atoms with Crippen LogP contribution in [0, 0.1) is 5.92 Å². The number of esters is 1. The first-order chi connectivity index (χ1) is 8.22. The van der Waals surface area contributed by atoms with Crippen LogP contribution in [0.5, 0.6) is 0 Å². The fourth-order valence-corrected chi connectivity index (χ4v) is 3.64.